The van der Waals surface area contributed by atoms with Crippen molar-refractivity contribution in [2.45, 2.75) is 0 Å². The van der Waals surface area contributed by atoms with Crippen LogP contribution in [-0.2, 0) is 0 Å². The van der Waals surface area contributed by atoms with E-state index in [1.807, 2.05) is 24.3 Å². The summed E-state index contributed by atoms with van der Waals surface area (Å²) in [6, 6.07) is 7.85. The van der Waals surface area contributed by atoms with Gasteiger partial charge in [0.25, 0.3) is 5.71 Å². The molecule has 0 saturated heterocycles. The summed E-state index contributed by atoms with van der Waals surface area (Å²) in [6.07, 6.45) is 1.36. The molecule has 0 amide bonds. The molecule has 0 atom stereocenters. The van der Waals surface area contributed by atoms with Gasteiger partial charge in [-0.3, -0.25) is 0 Å². The molecule has 0 aliphatic heterocycles. The average Bonchev–Trinajstić information content (AvgIpc) is 2.74. The van der Waals surface area contributed by atoms with Gasteiger partial charge in [-0.1, -0.05) is 17.7 Å². The van der Waals surface area contributed by atoms with E-state index < -0.39 is 0 Å². The normalized spacial score (nSPS) is 10.9. The Hall–Kier alpha value is -1.21. The van der Waals surface area contributed by atoms with Gasteiger partial charge in [-0.15, -0.1) is 0 Å². The topological polar surface area (TPSA) is 51.8 Å². The number of hydrogen-bond acceptors (Lipinski definition) is 4. The minimum absolute atomic E-state index is 0.302. The van der Waals surface area contributed by atoms with Gasteiger partial charge in [-0.2, -0.15) is 4.98 Å². The first kappa shape index (κ1) is 10.9. The van der Waals surface area contributed by atoms with Crippen molar-refractivity contribution >= 4 is 45.4 Å². The van der Waals surface area contributed by atoms with Crippen molar-refractivity contribution < 1.29 is 4.42 Å². The van der Waals surface area contributed by atoms with Crippen molar-refractivity contribution in [3.8, 4) is 11.5 Å². The van der Waals surface area contributed by atoms with Crippen LogP contribution in [0.25, 0.3) is 22.7 Å². The molecule has 6 heteroatoms. The van der Waals surface area contributed by atoms with Gasteiger partial charge in [-0.25, -0.2) is 9.97 Å². The molecule has 1 aromatic carbocycles. The summed E-state index contributed by atoms with van der Waals surface area (Å²) in [5.41, 5.74) is 1.79. The predicted molar refractivity (Wildman–Crippen MR) is 72.8 cm³/mol. The van der Waals surface area contributed by atoms with Crippen molar-refractivity contribution in [1.29, 1.82) is 0 Å². The Bertz CT molecular complexity index is 698. The van der Waals surface area contributed by atoms with E-state index in [4.69, 9.17) is 16.0 Å². The highest BCUT2D eigenvalue weighted by Gasteiger charge is 2.12. The van der Waals surface area contributed by atoms with Crippen LogP contribution in [0.15, 0.2) is 35.0 Å². The Morgan fingerprint density at radius 1 is 1.24 bits per heavy atom. The number of benzene rings is 1. The molecule has 3 rings (SSSR count). The highest BCUT2D eigenvalue weighted by molar-refractivity contribution is 14.1. The number of hydrogen-bond donors (Lipinski definition) is 0. The first-order valence-electron chi connectivity index (χ1n) is 4.77. The van der Waals surface area contributed by atoms with Crippen molar-refractivity contribution in [3.05, 3.63) is 39.3 Å². The first-order chi connectivity index (χ1) is 8.24. The van der Waals surface area contributed by atoms with Crippen LogP contribution in [0.3, 0.4) is 0 Å². The molecule has 0 saturated carbocycles. The third kappa shape index (κ3) is 2.00. The maximum atomic E-state index is 5.91. The van der Waals surface area contributed by atoms with Gasteiger partial charge in [0.15, 0.2) is 10.7 Å². The number of aromatic nitrogens is 3. The average molecular weight is 358 g/mol. The smallest absolute Gasteiger partial charge is 0.252 e. The van der Waals surface area contributed by atoms with Crippen molar-refractivity contribution in [2.75, 3.05) is 0 Å². The third-order valence-electron chi connectivity index (χ3n) is 2.22. The molecule has 0 bridgehead atoms. The molecule has 3 aromatic rings. The van der Waals surface area contributed by atoms with Gasteiger partial charge in [0.05, 0.1) is 0 Å². The SMILES string of the molecule is Clc1ncnc2oc(-c3cccc(I)c3)nc12. The summed E-state index contributed by atoms with van der Waals surface area (Å²) in [5, 5.41) is 0.302. The molecule has 0 N–H and O–H groups in total. The monoisotopic (exact) mass is 357 g/mol. The van der Waals surface area contributed by atoms with Crippen LogP contribution >= 0.6 is 34.2 Å². The Morgan fingerprint density at radius 3 is 2.88 bits per heavy atom. The Labute approximate surface area is 115 Å². The van der Waals surface area contributed by atoms with Crippen LogP contribution in [0, 0.1) is 3.57 Å². The Kier molecular flexibility index (Phi) is 2.71. The van der Waals surface area contributed by atoms with E-state index in [-0.39, 0.29) is 0 Å². The summed E-state index contributed by atoms with van der Waals surface area (Å²) in [4.78, 5) is 12.1. The second-order valence-electron chi connectivity index (χ2n) is 3.35. The summed E-state index contributed by atoms with van der Waals surface area (Å²) in [5.74, 6) is 0.501. The van der Waals surface area contributed by atoms with E-state index in [2.05, 4.69) is 37.5 Å². The Balaban J connectivity index is 2.22. The summed E-state index contributed by atoms with van der Waals surface area (Å²) in [7, 11) is 0. The van der Waals surface area contributed by atoms with E-state index in [9.17, 15) is 0 Å². The number of nitrogens with zero attached hydrogens (tertiary/aromatic N) is 3. The van der Waals surface area contributed by atoms with Crippen molar-refractivity contribution in [3.63, 3.8) is 0 Å². The minimum Gasteiger partial charge on any atom is -0.417 e. The lowest BCUT2D eigenvalue weighted by molar-refractivity contribution is 0.607. The fourth-order valence-corrected chi connectivity index (χ4v) is 2.18. The highest BCUT2D eigenvalue weighted by atomic mass is 127. The van der Waals surface area contributed by atoms with Gasteiger partial charge in [0.2, 0.25) is 5.89 Å². The van der Waals surface area contributed by atoms with Crippen LogP contribution in [0.5, 0.6) is 0 Å². The van der Waals surface area contributed by atoms with Crippen LogP contribution < -0.4 is 0 Å². The maximum Gasteiger partial charge on any atom is 0.252 e. The van der Waals surface area contributed by atoms with Crippen molar-refractivity contribution in [2.24, 2.45) is 0 Å². The lowest BCUT2D eigenvalue weighted by Crippen LogP contribution is -1.80. The summed E-state index contributed by atoms with van der Waals surface area (Å²) in [6.45, 7) is 0. The third-order valence-corrected chi connectivity index (χ3v) is 3.17. The molecule has 0 unspecified atom stereocenters. The molecular weight excluding hydrogens is 352 g/mol. The van der Waals surface area contributed by atoms with Gasteiger partial charge in [0.1, 0.15) is 6.33 Å². The van der Waals surface area contributed by atoms with Gasteiger partial charge in [0, 0.05) is 9.13 Å². The lowest BCUT2D eigenvalue weighted by Gasteiger charge is -1.94. The van der Waals surface area contributed by atoms with Crippen LogP contribution in [0.2, 0.25) is 5.15 Å². The zero-order chi connectivity index (χ0) is 11.8. The second-order valence-corrected chi connectivity index (χ2v) is 4.95. The van der Waals surface area contributed by atoms with Crippen molar-refractivity contribution in [1.82, 2.24) is 15.0 Å². The van der Waals surface area contributed by atoms with Crippen LogP contribution in [0.4, 0.5) is 0 Å². The largest absolute Gasteiger partial charge is 0.417 e. The molecule has 2 aromatic heterocycles. The van der Waals surface area contributed by atoms with E-state index in [1.165, 1.54) is 6.33 Å². The minimum atomic E-state index is 0.302. The Morgan fingerprint density at radius 2 is 2.12 bits per heavy atom. The zero-order valence-corrected chi connectivity index (χ0v) is 11.3. The fourth-order valence-electron chi connectivity index (χ4n) is 1.47. The number of oxazole rings is 1. The number of fused-ring (bicyclic) bond motifs is 1. The molecule has 0 aliphatic carbocycles. The summed E-state index contributed by atoms with van der Waals surface area (Å²) >= 11 is 8.15. The number of rotatable bonds is 1. The quantitative estimate of drug-likeness (QED) is 0.494. The van der Waals surface area contributed by atoms with Gasteiger partial charge >= 0.3 is 0 Å². The molecule has 0 radical (unpaired) electrons. The molecule has 2 heterocycles. The maximum absolute atomic E-state index is 5.91. The van der Waals surface area contributed by atoms with E-state index in [0.29, 0.717) is 22.3 Å². The highest BCUT2D eigenvalue weighted by Crippen LogP contribution is 2.26. The molecule has 0 fully saturated rings. The first-order valence-corrected chi connectivity index (χ1v) is 6.23. The molecule has 17 heavy (non-hydrogen) atoms. The zero-order valence-electron chi connectivity index (χ0n) is 8.39. The fraction of sp³-hybridized carbons (Fsp3) is 0. The number of halogens is 2. The van der Waals surface area contributed by atoms with Gasteiger partial charge in [-0.05, 0) is 40.8 Å². The second kappa shape index (κ2) is 4.23. The molecule has 4 nitrogen and oxygen atoms in total. The van der Waals surface area contributed by atoms with Crippen LogP contribution in [-0.4, -0.2) is 15.0 Å². The van der Waals surface area contributed by atoms with E-state index in [0.717, 1.165) is 9.13 Å². The van der Waals surface area contributed by atoms with E-state index >= 15 is 0 Å². The molecule has 84 valence electrons. The molecular formula is C11H5ClIN3O. The van der Waals surface area contributed by atoms with Gasteiger partial charge < -0.3 is 4.42 Å². The predicted octanol–water partition coefficient (Wildman–Crippen LogP) is 3.54. The summed E-state index contributed by atoms with van der Waals surface area (Å²) < 4.78 is 6.65. The lowest BCUT2D eigenvalue weighted by atomic mass is 10.2. The standard InChI is InChI=1S/C11H5ClIN3O/c12-9-8-11(15-5-14-9)17-10(16-8)6-2-1-3-7(13)4-6/h1-5H. The molecule has 0 aliphatic rings. The molecule has 0 spiro atoms. The van der Waals surface area contributed by atoms with Crippen LogP contribution in [0.1, 0.15) is 0 Å². The van der Waals surface area contributed by atoms with E-state index in [1.54, 1.807) is 0 Å².